The molecule has 0 heterocycles. The number of unbranched alkanes of at least 4 members (excludes halogenated alkanes) is 1. The zero-order chi connectivity index (χ0) is 14.1. The first-order valence-corrected chi connectivity index (χ1v) is 5.87. The van der Waals surface area contributed by atoms with Crippen LogP contribution in [-0.4, -0.2) is 41.5 Å². The van der Waals surface area contributed by atoms with Gasteiger partial charge in [0.25, 0.3) is 0 Å². The molecule has 0 aliphatic rings. The Hall–Kier alpha value is -1.63. The van der Waals surface area contributed by atoms with Crippen LogP contribution in [-0.2, 0) is 14.4 Å². The summed E-state index contributed by atoms with van der Waals surface area (Å²) in [4.78, 5) is 32.8. The lowest BCUT2D eigenvalue weighted by molar-refractivity contribution is -0.142. The number of carbonyl (C=O) groups excluding carboxylic acids is 2. The Balaban J connectivity index is 3.95. The van der Waals surface area contributed by atoms with E-state index in [-0.39, 0.29) is 5.91 Å². The van der Waals surface area contributed by atoms with Gasteiger partial charge >= 0.3 is 5.97 Å². The zero-order valence-electron chi connectivity index (χ0n) is 10.7. The molecule has 5 N–H and O–H groups in total. The summed E-state index contributed by atoms with van der Waals surface area (Å²) in [5.74, 6) is -1.68. The van der Waals surface area contributed by atoms with Crippen molar-refractivity contribution in [3.63, 3.8) is 0 Å². The Bertz CT molecular complexity index is 305. The number of nitrogens with two attached hydrogens (primary N) is 1. The number of nitrogens with one attached hydrogen (secondary N) is 2. The van der Waals surface area contributed by atoms with Crippen molar-refractivity contribution in [1.29, 1.82) is 0 Å². The van der Waals surface area contributed by atoms with Crippen LogP contribution in [0.3, 0.4) is 0 Å². The van der Waals surface area contributed by atoms with Crippen molar-refractivity contribution in [1.82, 2.24) is 10.6 Å². The molecule has 0 aromatic heterocycles. The molecule has 2 atom stereocenters. The molecule has 2 amide bonds. The number of carboxylic acid groups (broad SMARTS) is 1. The first-order chi connectivity index (χ1) is 8.34. The highest BCUT2D eigenvalue weighted by Crippen LogP contribution is 2.01. The number of hydrogen-bond donors (Lipinski definition) is 4. The van der Waals surface area contributed by atoms with E-state index in [1.165, 1.54) is 13.8 Å². The Morgan fingerprint density at radius 3 is 2.33 bits per heavy atom. The maximum atomic E-state index is 11.3. The fourth-order valence-corrected chi connectivity index (χ4v) is 1.30. The van der Waals surface area contributed by atoms with Crippen LogP contribution < -0.4 is 16.4 Å². The molecule has 0 radical (unpaired) electrons. The fourth-order valence-electron chi connectivity index (χ4n) is 1.30. The van der Waals surface area contributed by atoms with Crippen molar-refractivity contribution >= 4 is 17.8 Å². The third-order valence-corrected chi connectivity index (χ3v) is 2.32. The molecule has 0 aromatic rings. The second-order valence-electron chi connectivity index (χ2n) is 4.17. The molecule has 0 aromatic carbocycles. The summed E-state index contributed by atoms with van der Waals surface area (Å²) in [7, 11) is 0. The third kappa shape index (κ3) is 7.61. The van der Waals surface area contributed by atoms with Crippen molar-refractivity contribution in [2.45, 2.75) is 45.2 Å². The van der Waals surface area contributed by atoms with Gasteiger partial charge in [0.05, 0.1) is 6.04 Å². The van der Waals surface area contributed by atoms with Crippen LogP contribution in [0.2, 0.25) is 0 Å². The van der Waals surface area contributed by atoms with Gasteiger partial charge in [-0.25, -0.2) is 4.79 Å². The molecule has 104 valence electrons. The predicted molar refractivity (Wildman–Crippen MR) is 65.8 cm³/mol. The summed E-state index contributed by atoms with van der Waals surface area (Å²) < 4.78 is 0. The smallest absolute Gasteiger partial charge is 0.326 e. The van der Waals surface area contributed by atoms with Crippen LogP contribution in [0.25, 0.3) is 0 Å². The molecular weight excluding hydrogens is 238 g/mol. The number of carbonyl (C=O) groups is 3. The summed E-state index contributed by atoms with van der Waals surface area (Å²) in [6.07, 6.45) is 1.57. The maximum Gasteiger partial charge on any atom is 0.326 e. The van der Waals surface area contributed by atoms with Crippen LogP contribution in [0, 0.1) is 0 Å². The largest absolute Gasteiger partial charge is 0.480 e. The van der Waals surface area contributed by atoms with Gasteiger partial charge in [-0.2, -0.15) is 0 Å². The van der Waals surface area contributed by atoms with Crippen LogP contribution in [0.4, 0.5) is 0 Å². The Kier molecular flexibility index (Phi) is 7.69. The molecule has 7 heteroatoms. The molecule has 18 heavy (non-hydrogen) atoms. The van der Waals surface area contributed by atoms with E-state index >= 15 is 0 Å². The molecule has 0 unspecified atom stereocenters. The van der Waals surface area contributed by atoms with Gasteiger partial charge in [-0.05, 0) is 26.2 Å². The molecule has 0 aliphatic heterocycles. The molecule has 7 nitrogen and oxygen atoms in total. The van der Waals surface area contributed by atoms with Crippen LogP contribution in [0.1, 0.15) is 33.1 Å². The van der Waals surface area contributed by atoms with Gasteiger partial charge in [0.2, 0.25) is 11.8 Å². The van der Waals surface area contributed by atoms with E-state index in [1.54, 1.807) is 0 Å². The van der Waals surface area contributed by atoms with Crippen molar-refractivity contribution < 1.29 is 19.5 Å². The minimum atomic E-state index is -1.08. The average Bonchev–Trinajstić information content (AvgIpc) is 2.25. The molecule has 0 aliphatic carbocycles. The van der Waals surface area contributed by atoms with E-state index in [9.17, 15) is 14.4 Å². The second-order valence-corrected chi connectivity index (χ2v) is 4.17. The monoisotopic (exact) mass is 259 g/mol. The van der Waals surface area contributed by atoms with Gasteiger partial charge in [0, 0.05) is 13.5 Å². The van der Waals surface area contributed by atoms with Gasteiger partial charge in [0.15, 0.2) is 0 Å². The zero-order valence-corrected chi connectivity index (χ0v) is 10.7. The summed E-state index contributed by atoms with van der Waals surface area (Å²) >= 11 is 0. The Morgan fingerprint density at radius 1 is 1.28 bits per heavy atom. The predicted octanol–water partition coefficient (Wildman–Crippen LogP) is -0.791. The molecule has 0 fully saturated rings. The van der Waals surface area contributed by atoms with Crippen molar-refractivity contribution in [2.24, 2.45) is 5.73 Å². The average molecular weight is 259 g/mol. The Labute approximate surface area is 106 Å². The number of carboxylic acids is 1. The van der Waals surface area contributed by atoms with Gasteiger partial charge in [0.1, 0.15) is 6.04 Å². The number of amides is 2. The molecule has 0 spiro atoms. The molecule has 0 bridgehead atoms. The highest BCUT2D eigenvalue weighted by atomic mass is 16.4. The molecule has 0 saturated heterocycles. The first kappa shape index (κ1) is 16.4. The normalized spacial score (nSPS) is 13.5. The van der Waals surface area contributed by atoms with Crippen LogP contribution in [0.15, 0.2) is 0 Å². The minimum absolute atomic E-state index is 0.116. The number of rotatable bonds is 8. The number of hydrogen-bond acceptors (Lipinski definition) is 4. The third-order valence-electron chi connectivity index (χ3n) is 2.32. The minimum Gasteiger partial charge on any atom is -0.480 e. The van der Waals surface area contributed by atoms with E-state index in [0.29, 0.717) is 25.8 Å². The SMILES string of the molecule is CC(=O)NCCCC[C@H](NC(=O)[C@H](C)N)C(=O)O. The number of aliphatic carboxylic acids is 1. The van der Waals surface area contributed by atoms with Crippen molar-refractivity contribution in [2.75, 3.05) is 6.54 Å². The summed E-state index contributed by atoms with van der Waals surface area (Å²) in [6.45, 7) is 3.41. The van der Waals surface area contributed by atoms with Gasteiger partial charge in [-0.3, -0.25) is 9.59 Å². The first-order valence-electron chi connectivity index (χ1n) is 5.87. The van der Waals surface area contributed by atoms with E-state index < -0.39 is 24.0 Å². The molecular formula is C11H21N3O4. The van der Waals surface area contributed by atoms with E-state index in [4.69, 9.17) is 10.8 Å². The topological polar surface area (TPSA) is 122 Å². The molecule has 0 saturated carbocycles. The summed E-state index contributed by atoms with van der Waals surface area (Å²) in [6, 6.07) is -1.66. The van der Waals surface area contributed by atoms with E-state index in [0.717, 1.165) is 0 Å². The van der Waals surface area contributed by atoms with Gasteiger partial charge < -0.3 is 21.5 Å². The highest BCUT2D eigenvalue weighted by molar-refractivity contribution is 5.86. The maximum absolute atomic E-state index is 11.3. The summed E-state index contributed by atoms with van der Waals surface area (Å²) in [5, 5.41) is 13.9. The standard InChI is InChI=1S/C11H21N3O4/c1-7(12)10(16)14-9(11(17)18)5-3-4-6-13-8(2)15/h7,9H,3-6,12H2,1-2H3,(H,13,15)(H,14,16)(H,17,18)/t7-,9-/m0/s1. The molecule has 0 rings (SSSR count). The second kappa shape index (κ2) is 8.46. The lowest BCUT2D eigenvalue weighted by Gasteiger charge is -2.15. The quantitative estimate of drug-likeness (QED) is 0.425. The highest BCUT2D eigenvalue weighted by Gasteiger charge is 2.20. The van der Waals surface area contributed by atoms with Gasteiger partial charge in [-0.1, -0.05) is 0 Å². The summed E-state index contributed by atoms with van der Waals surface area (Å²) in [5.41, 5.74) is 5.34. The lowest BCUT2D eigenvalue weighted by Crippen LogP contribution is -2.47. The van der Waals surface area contributed by atoms with Crippen molar-refractivity contribution in [3.05, 3.63) is 0 Å². The van der Waals surface area contributed by atoms with E-state index in [2.05, 4.69) is 10.6 Å². The van der Waals surface area contributed by atoms with Crippen molar-refractivity contribution in [3.8, 4) is 0 Å². The Morgan fingerprint density at radius 2 is 1.89 bits per heavy atom. The van der Waals surface area contributed by atoms with Gasteiger partial charge in [-0.15, -0.1) is 0 Å². The van der Waals surface area contributed by atoms with Crippen LogP contribution >= 0.6 is 0 Å². The fraction of sp³-hybridized carbons (Fsp3) is 0.727. The lowest BCUT2D eigenvalue weighted by atomic mass is 10.1. The van der Waals surface area contributed by atoms with E-state index in [1.807, 2.05) is 0 Å². The van der Waals surface area contributed by atoms with Crippen LogP contribution in [0.5, 0.6) is 0 Å².